The number of imidazole rings is 1. The normalized spacial score (nSPS) is 16.9. The number of aromatic nitrogens is 2. The summed E-state index contributed by atoms with van der Waals surface area (Å²) in [6, 6.07) is 5.96. The van der Waals surface area contributed by atoms with Crippen molar-refractivity contribution in [3.05, 3.63) is 30.1 Å². The standard InChI is InChI=1S/C15H21N3O/c1-19-15-7-5-6-14-16-13(12-18(14)15)8-11-17-9-3-2-4-10-17/h5-7,12H,2-4,8-11H2,1H3. The van der Waals surface area contributed by atoms with Crippen molar-refractivity contribution in [1.29, 1.82) is 0 Å². The Balaban J connectivity index is 1.70. The van der Waals surface area contributed by atoms with Gasteiger partial charge < -0.3 is 9.64 Å². The van der Waals surface area contributed by atoms with Crippen LogP contribution in [0.3, 0.4) is 0 Å². The Kier molecular flexibility index (Phi) is 3.69. The smallest absolute Gasteiger partial charge is 0.198 e. The van der Waals surface area contributed by atoms with E-state index < -0.39 is 0 Å². The molecule has 3 rings (SSSR count). The summed E-state index contributed by atoms with van der Waals surface area (Å²) in [5.74, 6) is 0.842. The molecule has 19 heavy (non-hydrogen) atoms. The molecule has 0 radical (unpaired) electrons. The molecule has 2 aromatic rings. The molecule has 0 N–H and O–H groups in total. The average Bonchev–Trinajstić information content (AvgIpc) is 2.89. The van der Waals surface area contributed by atoms with Gasteiger partial charge in [-0.3, -0.25) is 4.40 Å². The molecule has 0 atom stereocenters. The van der Waals surface area contributed by atoms with E-state index >= 15 is 0 Å². The number of rotatable bonds is 4. The molecule has 0 saturated carbocycles. The molecular weight excluding hydrogens is 238 g/mol. The molecule has 102 valence electrons. The van der Waals surface area contributed by atoms with E-state index in [0.29, 0.717) is 0 Å². The van der Waals surface area contributed by atoms with E-state index in [1.165, 1.54) is 32.4 Å². The molecule has 0 spiro atoms. The zero-order chi connectivity index (χ0) is 13.1. The van der Waals surface area contributed by atoms with Crippen molar-refractivity contribution in [2.75, 3.05) is 26.7 Å². The second-order valence-electron chi connectivity index (χ2n) is 5.18. The van der Waals surface area contributed by atoms with Crippen molar-refractivity contribution < 1.29 is 4.74 Å². The third-order valence-electron chi connectivity index (χ3n) is 3.85. The largest absolute Gasteiger partial charge is 0.482 e. The van der Waals surface area contributed by atoms with E-state index in [1.807, 2.05) is 22.6 Å². The second kappa shape index (κ2) is 5.61. The number of likely N-dealkylation sites (tertiary alicyclic amines) is 1. The van der Waals surface area contributed by atoms with Crippen LogP contribution in [0.15, 0.2) is 24.4 Å². The maximum Gasteiger partial charge on any atom is 0.198 e. The molecule has 0 bridgehead atoms. The first-order valence-corrected chi connectivity index (χ1v) is 7.10. The predicted octanol–water partition coefficient (Wildman–Crippen LogP) is 2.37. The van der Waals surface area contributed by atoms with Crippen molar-refractivity contribution in [2.45, 2.75) is 25.7 Å². The Bertz CT molecular complexity index is 543. The van der Waals surface area contributed by atoms with Crippen LogP contribution in [-0.2, 0) is 6.42 Å². The van der Waals surface area contributed by atoms with Gasteiger partial charge in [0.15, 0.2) is 5.88 Å². The van der Waals surface area contributed by atoms with Gasteiger partial charge >= 0.3 is 0 Å². The minimum absolute atomic E-state index is 0.842. The monoisotopic (exact) mass is 259 g/mol. The molecule has 1 aliphatic heterocycles. The Morgan fingerprint density at radius 1 is 1.21 bits per heavy atom. The lowest BCUT2D eigenvalue weighted by atomic mass is 10.1. The van der Waals surface area contributed by atoms with Crippen LogP contribution in [-0.4, -0.2) is 41.0 Å². The fourth-order valence-electron chi connectivity index (χ4n) is 2.78. The Morgan fingerprint density at radius 2 is 2.05 bits per heavy atom. The number of piperidine rings is 1. The number of hydrogen-bond acceptors (Lipinski definition) is 3. The highest BCUT2D eigenvalue weighted by Gasteiger charge is 2.11. The quantitative estimate of drug-likeness (QED) is 0.844. The van der Waals surface area contributed by atoms with Crippen LogP contribution < -0.4 is 4.74 Å². The highest BCUT2D eigenvalue weighted by atomic mass is 16.5. The van der Waals surface area contributed by atoms with Crippen molar-refractivity contribution in [3.63, 3.8) is 0 Å². The van der Waals surface area contributed by atoms with Crippen LogP contribution in [0, 0.1) is 0 Å². The van der Waals surface area contributed by atoms with E-state index in [9.17, 15) is 0 Å². The summed E-state index contributed by atoms with van der Waals surface area (Å²) < 4.78 is 7.37. The van der Waals surface area contributed by atoms with Gasteiger partial charge in [0.2, 0.25) is 0 Å². The second-order valence-corrected chi connectivity index (χ2v) is 5.18. The van der Waals surface area contributed by atoms with Crippen LogP contribution in [0.25, 0.3) is 5.65 Å². The van der Waals surface area contributed by atoms with Crippen molar-refractivity contribution in [3.8, 4) is 5.88 Å². The van der Waals surface area contributed by atoms with Gasteiger partial charge in [-0.25, -0.2) is 4.98 Å². The maximum atomic E-state index is 5.35. The van der Waals surface area contributed by atoms with Crippen molar-refractivity contribution in [1.82, 2.24) is 14.3 Å². The lowest BCUT2D eigenvalue weighted by Crippen LogP contribution is -2.31. The maximum absolute atomic E-state index is 5.35. The van der Waals surface area contributed by atoms with Crippen LogP contribution in [0.4, 0.5) is 0 Å². The van der Waals surface area contributed by atoms with Crippen LogP contribution in [0.1, 0.15) is 25.0 Å². The molecular formula is C15H21N3O. The van der Waals surface area contributed by atoms with Crippen LogP contribution in [0.2, 0.25) is 0 Å². The van der Waals surface area contributed by atoms with E-state index in [-0.39, 0.29) is 0 Å². The van der Waals surface area contributed by atoms with Gasteiger partial charge in [-0.2, -0.15) is 0 Å². The van der Waals surface area contributed by atoms with Crippen LogP contribution >= 0.6 is 0 Å². The number of methoxy groups -OCH3 is 1. The van der Waals surface area contributed by atoms with Crippen LogP contribution in [0.5, 0.6) is 5.88 Å². The highest BCUT2D eigenvalue weighted by molar-refractivity contribution is 5.43. The summed E-state index contributed by atoms with van der Waals surface area (Å²) in [7, 11) is 1.70. The van der Waals surface area contributed by atoms with Gasteiger partial charge in [0, 0.05) is 19.2 Å². The summed E-state index contributed by atoms with van der Waals surface area (Å²) in [4.78, 5) is 7.21. The third kappa shape index (κ3) is 2.73. The fourth-order valence-corrected chi connectivity index (χ4v) is 2.78. The van der Waals surface area contributed by atoms with Gasteiger partial charge in [-0.05, 0) is 38.1 Å². The van der Waals surface area contributed by atoms with Crippen molar-refractivity contribution in [2.24, 2.45) is 0 Å². The molecule has 1 saturated heterocycles. The first-order valence-electron chi connectivity index (χ1n) is 7.10. The summed E-state index contributed by atoms with van der Waals surface area (Å²) in [5, 5.41) is 0. The van der Waals surface area contributed by atoms with Crippen molar-refractivity contribution >= 4 is 5.65 Å². The minimum atomic E-state index is 0.842. The van der Waals surface area contributed by atoms with E-state index in [0.717, 1.165) is 30.2 Å². The number of hydrogen-bond donors (Lipinski definition) is 0. The predicted molar refractivity (Wildman–Crippen MR) is 75.7 cm³/mol. The number of nitrogens with zero attached hydrogens (tertiary/aromatic N) is 3. The Hall–Kier alpha value is -1.55. The molecule has 4 nitrogen and oxygen atoms in total. The topological polar surface area (TPSA) is 29.8 Å². The highest BCUT2D eigenvalue weighted by Crippen LogP contribution is 2.16. The Morgan fingerprint density at radius 3 is 2.84 bits per heavy atom. The average molecular weight is 259 g/mol. The van der Waals surface area contributed by atoms with Gasteiger partial charge in [-0.15, -0.1) is 0 Å². The van der Waals surface area contributed by atoms with E-state index in [1.54, 1.807) is 7.11 Å². The van der Waals surface area contributed by atoms with Gasteiger partial charge in [0.25, 0.3) is 0 Å². The molecule has 0 unspecified atom stereocenters. The lowest BCUT2D eigenvalue weighted by Gasteiger charge is -2.25. The SMILES string of the molecule is COc1cccc2nc(CCN3CCCCC3)cn12. The molecule has 3 heterocycles. The number of fused-ring (bicyclic) bond motifs is 1. The molecule has 1 fully saturated rings. The molecule has 0 aliphatic carbocycles. The summed E-state index contributed by atoms with van der Waals surface area (Å²) in [6.07, 6.45) is 7.20. The third-order valence-corrected chi connectivity index (χ3v) is 3.85. The number of pyridine rings is 1. The van der Waals surface area contributed by atoms with E-state index in [4.69, 9.17) is 4.74 Å². The zero-order valence-electron chi connectivity index (χ0n) is 11.5. The fraction of sp³-hybridized carbons (Fsp3) is 0.533. The molecule has 2 aromatic heterocycles. The molecule has 0 amide bonds. The van der Waals surface area contributed by atoms with E-state index in [2.05, 4.69) is 16.1 Å². The minimum Gasteiger partial charge on any atom is -0.482 e. The van der Waals surface area contributed by atoms with Gasteiger partial charge in [0.1, 0.15) is 5.65 Å². The summed E-state index contributed by atoms with van der Waals surface area (Å²) >= 11 is 0. The summed E-state index contributed by atoms with van der Waals surface area (Å²) in [6.45, 7) is 3.61. The first kappa shape index (κ1) is 12.5. The molecule has 0 aromatic carbocycles. The number of ether oxygens (including phenoxy) is 1. The molecule has 4 heteroatoms. The lowest BCUT2D eigenvalue weighted by molar-refractivity contribution is 0.231. The Labute approximate surface area is 114 Å². The first-order chi connectivity index (χ1) is 9.36. The zero-order valence-corrected chi connectivity index (χ0v) is 11.5. The summed E-state index contributed by atoms with van der Waals surface area (Å²) in [5.41, 5.74) is 2.11. The van der Waals surface area contributed by atoms with Gasteiger partial charge in [-0.1, -0.05) is 12.5 Å². The molecule has 1 aliphatic rings. The van der Waals surface area contributed by atoms with Gasteiger partial charge in [0.05, 0.1) is 12.8 Å².